The molecule has 2 saturated heterocycles. The van der Waals surface area contributed by atoms with Crippen molar-refractivity contribution in [3.63, 3.8) is 0 Å². The number of nitrogens with zero attached hydrogens (tertiary/aromatic N) is 5. The zero-order valence-corrected chi connectivity index (χ0v) is 21.6. The largest absolute Gasteiger partial charge is 0.366 e. The topological polar surface area (TPSA) is 103 Å². The van der Waals surface area contributed by atoms with E-state index in [1.54, 1.807) is 18.2 Å². The van der Waals surface area contributed by atoms with Gasteiger partial charge in [0.1, 0.15) is 5.01 Å². The molecule has 35 heavy (non-hydrogen) atoms. The molecular weight excluding hydrogens is 488 g/mol. The molecule has 1 aromatic carbocycles. The number of hydrogen-bond donors (Lipinski definition) is 1. The summed E-state index contributed by atoms with van der Waals surface area (Å²) in [5.41, 5.74) is 7.05. The third-order valence-electron chi connectivity index (χ3n) is 6.69. The van der Waals surface area contributed by atoms with Crippen molar-refractivity contribution in [2.24, 2.45) is 5.73 Å². The first-order valence-corrected chi connectivity index (χ1v) is 13.0. The molecule has 2 N–H and O–H groups in total. The molecule has 1 unspecified atom stereocenters. The summed E-state index contributed by atoms with van der Waals surface area (Å²) < 4.78 is 0. The molecule has 0 saturated carbocycles. The smallest absolute Gasteiger partial charge is 0.249 e. The van der Waals surface area contributed by atoms with Crippen LogP contribution >= 0.6 is 22.9 Å². The SMILES string of the molecule is CN(C)C1CCN(C(=O)CN2CCN(C(=O)Cc3csc(-c4cc(Cl)ccc4C(N)=O)n3)CC2)C1. The number of benzene rings is 1. The highest BCUT2D eigenvalue weighted by Crippen LogP contribution is 2.30. The Morgan fingerprint density at radius 3 is 2.51 bits per heavy atom. The van der Waals surface area contributed by atoms with Crippen LogP contribution < -0.4 is 5.73 Å². The molecule has 2 aromatic rings. The highest BCUT2D eigenvalue weighted by atomic mass is 35.5. The number of amides is 3. The second kappa shape index (κ2) is 11.0. The number of aromatic nitrogens is 1. The fourth-order valence-corrected chi connectivity index (χ4v) is 5.55. The molecule has 3 heterocycles. The maximum Gasteiger partial charge on any atom is 0.249 e. The minimum Gasteiger partial charge on any atom is -0.366 e. The number of primary amides is 1. The Morgan fingerprint density at radius 2 is 1.86 bits per heavy atom. The van der Waals surface area contributed by atoms with Crippen LogP contribution in [0.5, 0.6) is 0 Å². The van der Waals surface area contributed by atoms with Crippen LogP contribution in [0.25, 0.3) is 10.6 Å². The predicted octanol–water partition coefficient (Wildman–Crippen LogP) is 1.41. The van der Waals surface area contributed by atoms with Crippen molar-refractivity contribution in [2.75, 3.05) is 59.9 Å². The molecule has 0 radical (unpaired) electrons. The van der Waals surface area contributed by atoms with E-state index in [9.17, 15) is 14.4 Å². The monoisotopic (exact) mass is 518 g/mol. The number of likely N-dealkylation sites (N-methyl/N-ethyl adjacent to an activating group) is 1. The fourth-order valence-electron chi connectivity index (χ4n) is 4.52. The Morgan fingerprint density at radius 1 is 1.11 bits per heavy atom. The van der Waals surface area contributed by atoms with E-state index in [1.807, 2.05) is 15.2 Å². The van der Waals surface area contributed by atoms with Gasteiger partial charge in [-0.05, 0) is 38.7 Å². The van der Waals surface area contributed by atoms with Gasteiger partial charge in [-0.2, -0.15) is 0 Å². The summed E-state index contributed by atoms with van der Waals surface area (Å²) in [7, 11) is 4.10. The quantitative estimate of drug-likeness (QED) is 0.594. The number of carbonyl (C=O) groups is 3. The molecule has 9 nitrogen and oxygen atoms in total. The average Bonchev–Trinajstić information content (AvgIpc) is 3.49. The summed E-state index contributed by atoms with van der Waals surface area (Å²) in [6.45, 7) is 4.53. The summed E-state index contributed by atoms with van der Waals surface area (Å²) in [6, 6.07) is 5.29. The summed E-state index contributed by atoms with van der Waals surface area (Å²) in [4.78, 5) is 50.0. The lowest BCUT2D eigenvalue weighted by molar-refractivity contribution is -0.134. The van der Waals surface area contributed by atoms with Crippen LogP contribution in [0.2, 0.25) is 5.02 Å². The van der Waals surface area contributed by atoms with E-state index in [4.69, 9.17) is 17.3 Å². The minimum absolute atomic E-state index is 0.00223. The Labute approximate surface area is 214 Å². The molecule has 11 heteroatoms. The van der Waals surface area contributed by atoms with Gasteiger partial charge in [0.25, 0.3) is 0 Å². The van der Waals surface area contributed by atoms with Crippen molar-refractivity contribution in [3.05, 3.63) is 39.9 Å². The first-order valence-electron chi connectivity index (χ1n) is 11.7. The van der Waals surface area contributed by atoms with Crippen LogP contribution in [-0.4, -0.2) is 108 Å². The minimum atomic E-state index is -0.553. The highest BCUT2D eigenvalue weighted by molar-refractivity contribution is 7.13. The molecule has 2 aliphatic rings. The lowest BCUT2D eigenvalue weighted by atomic mass is 10.1. The van der Waals surface area contributed by atoms with E-state index < -0.39 is 5.91 Å². The average molecular weight is 519 g/mol. The van der Waals surface area contributed by atoms with Crippen LogP contribution in [0.15, 0.2) is 23.6 Å². The van der Waals surface area contributed by atoms with Crippen molar-refractivity contribution < 1.29 is 14.4 Å². The number of halogens is 1. The van der Waals surface area contributed by atoms with Gasteiger partial charge in [-0.3, -0.25) is 19.3 Å². The Balaban J connectivity index is 1.28. The normalized spacial score (nSPS) is 18.9. The van der Waals surface area contributed by atoms with Gasteiger partial charge in [0.05, 0.1) is 18.7 Å². The first kappa shape index (κ1) is 25.6. The molecule has 4 rings (SSSR count). The van der Waals surface area contributed by atoms with Gasteiger partial charge in [0, 0.05) is 66.8 Å². The van der Waals surface area contributed by atoms with E-state index in [0.29, 0.717) is 65.6 Å². The molecule has 2 fully saturated rings. The van der Waals surface area contributed by atoms with Gasteiger partial charge in [0.2, 0.25) is 17.7 Å². The number of thiazole rings is 1. The van der Waals surface area contributed by atoms with Crippen molar-refractivity contribution >= 4 is 40.7 Å². The number of carbonyl (C=O) groups excluding carboxylic acids is 3. The van der Waals surface area contributed by atoms with Crippen LogP contribution in [0.3, 0.4) is 0 Å². The third kappa shape index (κ3) is 6.19. The Bertz CT molecular complexity index is 1100. The molecule has 3 amide bonds. The van der Waals surface area contributed by atoms with Crippen molar-refractivity contribution in [2.45, 2.75) is 18.9 Å². The van der Waals surface area contributed by atoms with E-state index in [2.05, 4.69) is 28.9 Å². The summed E-state index contributed by atoms with van der Waals surface area (Å²) in [6.07, 6.45) is 1.20. The van der Waals surface area contributed by atoms with Crippen LogP contribution in [0.1, 0.15) is 22.5 Å². The van der Waals surface area contributed by atoms with Crippen molar-refractivity contribution in [1.29, 1.82) is 0 Å². The zero-order valence-electron chi connectivity index (χ0n) is 20.1. The molecule has 1 atom stereocenters. The maximum atomic E-state index is 12.9. The molecule has 188 valence electrons. The lowest BCUT2D eigenvalue weighted by Gasteiger charge is -2.35. The highest BCUT2D eigenvalue weighted by Gasteiger charge is 2.29. The number of rotatable bonds is 7. The van der Waals surface area contributed by atoms with Gasteiger partial charge in [-0.1, -0.05) is 11.6 Å². The number of likely N-dealkylation sites (tertiary alicyclic amines) is 1. The Kier molecular flexibility index (Phi) is 8.05. The molecule has 0 spiro atoms. The van der Waals surface area contributed by atoms with Gasteiger partial charge >= 0.3 is 0 Å². The summed E-state index contributed by atoms with van der Waals surface area (Å²) in [5.74, 6) is -0.383. The number of piperazine rings is 1. The Hall–Kier alpha value is -2.53. The second-order valence-corrected chi connectivity index (χ2v) is 10.6. The molecule has 0 aliphatic carbocycles. The lowest BCUT2D eigenvalue weighted by Crippen LogP contribution is -2.51. The van der Waals surface area contributed by atoms with Crippen LogP contribution in [-0.2, 0) is 16.0 Å². The number of nitrogens with two attached hydrogens (primary N) is 1. The number of hydrogen-bond acceptors (Lipinski definition) is 7. The van der Waals surface area contributed by atoms with Crippen LogP contribution in [0.4, 0.5) is 0 Å². The predicted molar refractivity (Wildman–Crippen MR) is 136 cm³/mol. The van der Waals surface area contributed by atoms with E-state index >= 15 is 0 Å². The van der Waals surface area contributed by atoms with Crippen molar-refractivity contribution in [3.8, 4) is 10.6 Å². The van der Waals surface area contributed by atoms with E-state index in [0.717, 1.165) is 19.5 Å². The van der Waals surface area contributed by atoms with E-state index in [-0.39, 0.29) is 18.2 Å². The summed E-state index contributed by atoms with van der Waals surface area (Å²) >= 11 is 7.45. The maximum absolute atomic E-state index is 12.9. The second-order valence-electron chi connectivity index (χ2n) is 9.28. The summed E-state index contributed by atoms with van der Waals surface area (Å²) in [5, 5.41) is 2.91. The van der Waals surface area contributed by atoms with Crippen molar-refractivity contribution in [1.82, 2.24) is 24.6 Å². The zero-order chi connectivity index (χ0) is 25.1. The molecular formula is C24H31ClN6O3S. The van der Waals surface area contributed by atoms with Gasteiger partial charge in [0.15, 0.2) is 0 Å². The van der Waals surface area contributed by atoms with Crippen LogP contribution in [0, 0.1) is 0 Å². The van der Waals surface area contributed by atoms with Gasteiger partial charge < -0.3 is 20.4 Å². The van der Waals surface area contributed by atoms with E-state index in [1.165, 1.54) is 11.3 Å². The van der Waals surface area contributed by atoms with Gasteiger partial charge in [-0.15, -0.1) is 11.3 Å². The molecule has 1 aromatic heterocycles. The standard InChI is InChI=1S/C24H31ClN6O3S/c1-28(2)18-5-6-31(13-18)22(33)14-29-7-9-30(10-8-29)21(32)12-17-15-35-24(27-17)20-11-16(25)3-4-19(20)23(26)34/h3-4,11,15,18H,5-10,12-14H2,1-2H3,(H2,26,34). The fraction of sp³-hybridized carbons (Fsp3) is 0.500. The molecule has 0 bridgehead atoms. The first-order chi connectivity index (χ1) is 16.7. The van der Waals surface area contributed by atoms with Gasteiger partial charge in [-0.25, -0.2) is 4.98 Å². The molecule has 2 aliphatic heterocycles. The third-order valence-corrected chi connectivity index (χ3v) is 7.85.